The summed E-state index contributed by atoms with van der Waals surface area (Å²) in [5, 5.41) is 1.11. The topological polar surface area (TPSA) is 56.7 Å². The average Bonchev–Trinajstić information content (AvgIpc) is 3.05. The van der Waals surface area contributed by atoms with Gasteiger partial charge in [-0.15, -0.1) is 11.3 Å². The molecule has 0 bridgehead atoms. The highest BCUT2D eigenvalue weighted by Crippen LogP contribution is 2.22. The predicted octanol–water partition coefficient (Wildman–Crippen LogP) is 2.82. The van der Waals surface area contributed by atoms with Crippen molar-refractivity contribution in [1.29, 1.82) is 0 Å². The van der Waals surface area contributed by atoms with E-state index in [1.54, 1.807) is 11.3 Å². The molecule has 1 atom stereocenters. The number of para-hydroxylation sites is 1. The van der Waals surface area contributed by atoms with Crippen molar-refractivity contribution in [3.63, 3.8) is 0 Å². The Morgan fingerprint density at radius 3 is 3.00 bits per heavy atom. The molecule has 4 nitrogen and oxygen atoms in total. The Balaban J connectivity index is 1.82. The van der Waals surface area contributed by atoms with Crippen LogP contribution in [0.1, 0.15) is 24.2 Å². The minimum Gasteiger partial charge on any atom is -0.328 e. The molecule has 0 saturated heterocycles. The standard InChI is InChI=1S/C15H18N4S/c1-2-11(16)9-14-17-7-8-19(14)10-15-18-12-5-3-4-6-13(12)20-15/h3-8,11H,2,9-10,16H2,1H3. The Bertz CT molecular complexity index is 668. The summed E-state index contributed by atoms with van der Waals surface area (Å²) in [6, 6.07) is 8.41. The zero-order chi connectivity index (χ0) is 13.9. The molecule has 0 aliphatic heterocycles. The molecule has 1 aromatic carbocycles. The quantitative estimate of drug-likeness (QED) is 0.784. The van der Waals surface area contributed by atoms with Gasteiger partial charge in [-0.05, 0) is 18.6 Å². The van der Waals surface area contributed by atoms with E-state index in [0.717, 1.165) is 35.7 Å². The normalized spacial score (nSPS) is 12.9. The van der Waals surface area contributed by atoms with Crippen LogP contribution in [0, 0.1) is 0 Å². The molecule has 20 heavy (non-hydrogen) atoms. The SMILES string of the molecule is CCC(N)Cc1nccn1Cc1nc2ccccc2s1. The van der Waals surface area contributed by atoms with E-state index < -0.39 is 0 Å². The van der Waals surface area contributed by atoms with Gasteiger partial charge in [-0.2, -0.15) is 0 Å². The smallest absolute Gasteiger partial charge is 0.114 e. The van der Waals surface area contributed by atoms with Crippen LogP contribution in [0.2, 0.25) is 0 Å². The molecule has 2 aromatic heterocycles. The van der Waals surface area contributed by atoms with Crippen molar-refractivity contribution in [2.24, 2.45) is 5.73 Å². The minimum absolute atomic E-state index is 0.173. The van der Waals surface area contributed by atoms with E-state index in [1.807, 2.05) is 24.5 Å². The van der Waals surface area contributed by atoms with Gasteiger partial charge in [0, 0.05) is 24.9 Å². The number of benzene rings is 1. The summed E-state index contributed by atoms with van der Waals surface area (Å²) in [5.74, 6) is 1.04. The average molecular weight is 286 g/mol. The largest absolute Gasteiger partial charge is 0.328 e. The third-order valence-corrected chi connectivity index (χ3v) is 4.44. The lowest BCUT2D eigenvalue weighted by Crippen LogP contribution is -2.23. The number of nitrogens with zero attached hydrogens (tertiary/aromatic N) is 3. The summed E-state index contributed by atoms with van der Waals surface area (Å²) in [5.41, 5.74) is 7.09. The maximum atomic E-state index is 6.02. The molecule has 3 aromatic rings. The molecule has 2 heterocycles. The van der Waals surface area contributed by atoms with E-state index in [1.165, 1.54) is 4.70 Å². The first-order valence-electron chi connectivity index (χ1n) is 6.86. The molecule has 1 unspecified atom stereocenters. The molecular weight excluding hydrogens is 268 g/mol. The highest BCUT2D eigenvalue weighted by molar-refractivity contribution is 7.18. The number of fused-ring (bicyclic) bond motifs is 1. The number of hydrogen-bond donors (Lipinski definition) is 1. The zero-order valence-electron chi connectivity index (χ0n) is 11.5. The summed E-state index contributed by atoms with van der Waals surface area (Å²) in [7, 11) is 0. The van der Waals surface area contributed by atoms with Crippen molar-refractivity contribution in [3.8, 4) is 0 Å². The number of thiazole rings is 1. The highest BCUT2D eigenvalue weighted by atomic mass is 32.1. The van der Waals surface area contributed by atoms with Crippen LogP contribution in [-0.4, -0.2) is 20.6 Å². The second-order valence-electron chi connectivity index (χ2n) is 4.92. The molecule has 3 rings (SSSR count). The fourth-order valence-corrected chi connectivity index (χ4v) is 3.15. The van der Waals surface area contributed by atoms with Crippen molar-refractivity contribution in [3.05, 3.63) is 47.5 Å². The first kappa shape index (κ1) is 13.3. The summed E-state index contributed by atoms with van der Waals surface area (Å²) >= 11 is 1.74. The van der Waals surface area contributed by atoms with E-state index in [4.69, 9.17) is 5.73 Å². The third-order valence-electron chi connectivity index (χ3n) is 3.41. The number of imidazole rings is 1. The second-order valence-corrected chi connectivity index (χ2v) is 6.03. The minimum atomic E-state index is 0.173. The predicted molar refractivity (Wildman–Crippen MR) is 82.9 cm³/mol. The molecule has 5 heteroatoms. The van der Waals surface area contributed by atoms with Gasteiger partial charge in [-0.1, -0.05) is 19.1 Å². The monoisotopic (exact) mass is 286 g/mol. The van der Waals surface area contributed by atoms with Crippen LogP contribution in [0.3, 0.4) is 0 Å². The first-order valence-corrected chi connectivity index (χ1v) is 7.68. The van der Waals surface area contributed by atoms with Crippen molar-refractivity contribution in [2.75, 3.05) is 0 Å². The van der Waals surface area contributed by atoms with Crippen molar-refractivity contribution < 1.29 is 0 Å². The van der Waals surface area contributed by atoms with E-state index in [9.17, 15) is 0 Å². The lowest BCUT2D eigenvalue weighted by atomic mass is 10.1. The van der Waals surface area contributed by atoms with E-state index in [0.29, 0.717) is 0 Å². The summed E-state index contributed by atoms with van der Waals surface area (Å²) < 4.78 is 3.38. The van der Waals surface area contributed by atoms with Gasteiger partial charge in [0.2, 0.25) is 0 Å². The maximum absolute atomic E-state index is 6.02. The molecule has 0 spiro atoms. The van der Waals surface area contributed by atoms with Gasteiger partial charge in [0.25, 0.3) is 0 Å². The van der Waals surface area contributed by atoms with Gasteiger partial charge in [0.1, 0.15) is 10.8 Å². The van der Waals surface area contributed by atoms with Crippen LogP contribution in [0.5, 0.6) is 0 Å². The third kappa shape index (κ3) is 2.73. The Hall–Kier alpha value is -1.72. The summed E-state index contributed by atoms with van der Waals surface area (Å²) in [6.07, 6.45) is 5.62. The van der Waals surface area contributed by atoms with Crippen LogP contribution in [-0.2, 0) is 13.0 Å². The van der Waals surface area contributed by atoms with Crippen molar-refractivity contribution in [2.45, 2.75) is 32.4 Å². The molecule has 0 aliphatic carbocycles. The summed E-state index contributed by atoms with van der Waals surface area (Å²) in [6.45, 7) is 2.87. The molecule has 104 valence electrons. The Kier molecular flexibility index (Phi) is 3.80. The van der Waals surface area contributed by atoms with Gasteiger partial charge >= 0.3 is 0 Å². The maximum Gasteiger partial charge on any atom is 0.114 e. The number of rotatable bonds is 5. The van der Waals surface area contributed by atoms with Crippen molar-refractivity contribution in [1.82, 2.24) is 14.5 Å². The highest BCUT2D eigenvalue weighted by Gasteiger charge is 2.10. The van der Waals surface area contributed by atoms with Crippen LogP contribution in [0.25, 0.3) is 10.2 Å². The van der Waals surface area contributed by atoms with E-state index >= 15 is 0 Å². The summed E-state index contributed by atoms with van der Waals surface area (Å²) in [4.78, 5) is 9.08. The lowest BCUT2D eigenvalue weighted by molar-refractivity contribution is 0.597. The first-order chi connectivity index (χ1) is 9.76. The molecule has 0 fully saturated rings. The molecule has 0 saturated carbocycles. The fourth-order valence-electron chi connectivity index (χ4n) is 2.19. The Morgan fingerprint density at radius 2 is 2.20 bits per heavy atom. The molecule has 0 aliphatic rings. The zero-order valence-corrected chi connectivity index (χ0v) is 12.3. The number of hydrogen-bond acceptors (Lipinski definition) is 4. The van der Waals surface area contributed by atoms with E-state index in [-0.39, 0.29) is 6.04 Å². The fraction of sp³-hybridized carbons (Fsp3) is 0.333. The molecular formula is C15H18N4S. The van der Waals surface area contributed by atoms with E-state index in [2.05, 4.69) is 33.6 Å². The van der Waals surface area contributed by atoms with Gasteiger partial charge in [0.15, 0.2) is 0 Å². The Labute approximate surface area is 122 Å². The lowest BCUT2D eigenvalue weighted by Gasteiger charge is -2.10. The second kappa shape index (κ2) is 5.73. The van der Waals surface area contributed by atoms with Crippen LogP contribution in [0.15, 0.2) is 36.7 Å². The number of nitrogens with two attached hydrogens (primary N) is 1. The van der Waals surface area contributed by atoms with Crippen LogP contribution < -0.4 is 5.73 Å². The van der Waals surface area contributed by atoms with Crippen LogP contribution >= 0.6 is 11.3 Å². The Morgan fingerprint density at radius 1 is 1.35 bits per heavy atom. The molecule has 2 N–H and O–H groups in total. The molecule has 0 radical (unpaired) electrons. The van der Waals surface area contributed by atoms with Gasteiger partial charge < -0.3 is 10.3 Å². The van der Waals surface area contributed by atoms with Crippen molar-refractivity contribution >= 4 is 21.6 Å². The van der Waals surface area contributed by atoms with Crippen LogP contribution in [0.4, 0.5) is 0 Å². The van der Waals surface area contributed by atoms with Gasteiger partial charge in [-0.3, -0.25) is 0 Å². The van der Waals surface area contributed by atoms with Gasteiger partial charge in [0.05, 0.1) is 16.8 Å². The van der Waals surface area contributed by atoms with Gasteiger partial charge in [-0.25, -0.2) is 9.97 Å². The molecule has 0 amide bonds. The number of aromatic nitrogens is 3.